The lowest BCUT2D eigenvalue weighted by Gasteiger charge is -2.39. The van der Waals surface area contributed by atoms with Gasteiger partial charge in [0, 0.05) is 34.3 Å². The molecule has 0 unspecified atom stereocenters. The Morgan fingerprint density at radius 1 is 1.33 bits per heavy atom. The molecule has 0 saturated heterocycles. The molecule has 4 rings (SSSR count). The fourth-order valence-electron chi connectivity index (χ4n) is 4.23. The fraction of sp³-hybridized carbons (Fsp3) is 0.250. The highest BCUT2D eigenvalue weighted by atomic mass is 35.5. The van der Waals surface area contributed by atoms with Crippen LogP contribution in [0.4, 0.5) is 11.4 Å². The highest BCUT2D eigenvalue weighted by Crippen LogP contribution is 2.52. The van der Waals surface area contributed by atoms with Crippen LogP contribution in [0.15, 0.2) is 42.5 Å². The second kappa shape index (κ2) is 6.39. The van der Waals surface area contributed by atoms with Crippen molar-refractivity contribution in [2.24, 2.45) is 5.92 Å². The summed E-state index contributed by atoms with van der Waals surface area (Å²) in [6.07, 6.45) is 4.82. The van der Waals surface area contributed by atoms with E-state index in [1.807, 2.05) is 19.1 Å². The van der Waals surface area contributed by atoms with Crippen LogP contribution < -0.4 is 5.32 Å². The lowest BCUT2D eigenvalue weighted by Crippen LogP contribution is -2.31. The topological polar surface area (TPSA) is 92.5 Å². The molecule has 0 bridgehead atoms. The highest BCUT2D eigenvalue weighted by Gasteiger charge is 2.41. The van der Waals surface area contributed by atoms with Crippen LogP contribution in [0.2, 0.25) is 5.02 Å². The first-order valence-corrected chi connectivity index (χ1v) is 9.00. The van der Waals surface area contributed by atoms with Crippen molar-refractivity contribution in [1.82, 2.24) is 0 Å². The van der Waals surface area contributed by atoms with Gasteiger partial charge in [-0.1, -0.05) is 29.8 Å². The van der Waals surface area contributed by atoms with Gasteiger partial charge in [-0.05, 0) is 42.5 Å². The number of carboxylic acid groups (broad SMARTS) is 1. The molecule has 0 spiro atoms. The molecule has 0 aromatic heterocycles. The number of hydrogen-bond donors (Lipinski definition) is 2. The van der Waals surface area contributed by atoms with E-state index in [4.69, 9.17) is 11.6 Å². The Labute approximate surface area is 160 Å². The van der Waals surface area contributed by atoms with Crippen molar-refractivity contribution < 1.29 is 14.8 Å². The van der Waals surface area contributed by atoms with Crippen molar-refractivity contribution >= 4 is 28.9 Å². The molecule has 1 aliphatic carbocycles. The number of halogens is 1. The summed E-state index contributed by atoms with van der Waals surface area (Å²) in [5.74, 6) is -0.997. The van der Waals surface area contributed by atoms with Crippen LogP contribution in [0.3, 0.4) is 0 Å². The minimum absolute atomic E-state index is 0.0134. The highest BCUT2D eigenvalue weighted by molar-refractivity contribution is 6.31. The number of carboxylic acids is 1. The Balaban J connectivity index is 1.89. The zero-order valence-electron chi connectivity index (χ0n) is 14.5. The minimum Gasteiger partial charge on any atom is -0.478 e. The first-order chi connectivity index (χ1) is 12.9. The Morgan fingerprint density at radius 3 is 2.81 bits per heavy atom. The Morgan fingerprint density at radius 2 is 2.11 bits per heavy atom. The number of rotatable bonds is 3. The number of carbonyl (C=O) groups is 1. The number of nitrogens with one attached hydrogen (secondary N) is 1. The van der Waals surface area contributed by atoms with Crippen molar-refractivity contribution in [3.05, 3.63) is 79.9 Å². The molecule has 3 atom stereocenters. The van der Waals surface area contributed by atoms with E-state index in [1.165, 1.54) is 12.1 Å². The van der Waals surface area contributed by atoms with Gasteiger partial charge in [0.1, 0.15) is 0 Å². The van der Waals surface area contributed by atoms with Crippen LogP contribution >= 0.6 is 11.6 Å². The molecule has 2 aromatic rings. The van der Waals surface area contributed by atoms with E-state index < -0.39 is 10.9 Å². The first kappa shape index (κ1) is 17.5. The standard InChI is InChI=1S/C20H17ClN2O4/c1-10-5-7-14(20(24)25)17-12-3-2-4-13(12)19(22-18(10)17)15-9-11(23(26)27)6-8-16(15)21/h2-3,5-9,12-13,19,22H,4H2,1H3,(H,24,25)/t12-,13-,19-/m0/s1. The molecule has 1 heterocycles. The van der Waals surface area contributed by atoms with Gasteiger partial charge in [0.15, 0.2) is 0 Å². The summed E-state index contributed by atoms with van der Waals surface area (Å²) in [5.41, 5.74) is 3.42. The van der Waals surface area contributed by atoms with Crippen molar-refractivity contribution in [1.29, 1.82) is 0 Å². The summed E-state index contributed by atoms with van der Waals surface area (Å²) in [5, 5.41) is 24.7. The van der Waals surface area contributed by atoms with Gasteiger partial charge in [0.05, 0.1) is 16.5 Å². The van der Waals surface area contributed by atoms with Gasteiger partial charge in [-0.15, -0.1) is 0 Å². The van der Waals surface area contributed by atoms with E-state index >= 15 is 0 Å². The van der Waals surface area contributed by atoms with E-state index in [1.54, 1.807) is 18.2 Å². The third-order valence-electron chi connectivity index (χ3n) is 5.48. The average Bonchev–Trinajstić information content (AvgIpc) is 3.11. The van der Waals surface area contributed by atoms with Crippen LogP contribution in [0, 0.1) is 23.0 Å². The molecule has 7 heteroatoms. The van der Waals surface area contributed by atoms with Crippen molar-refractivity contribution in [2.75, 3.05) is 5.32 Å². The maximum absolute atomic E-state index is 11.8. The molecule has 6 nitrogen and oxygen atoms in total. The largest absolute Gasteiger partial charge is 0.478 e. The number of hydrogen-bond acceptors (Lipinski definition) is 4. The van der Waals surface area contributed by atoms with Crippen LogP contribution in [0.5, 0.6) is 0 Å². The van der Waals surface area contributed by atoms with Crippen LogP contribution in [0.1, 0.15) is 45.4 Å². The number of fused-ring (bicyclic) bond motifs is 3. The zero-order valence-corrected chi connectivity index (χ0v) is 15.2. The fourth-order valence-corrected chi connectivity index (χ4v) is 4.47. The monoisotopic (exact) mass is 384 g/mol. The first-order valence-electron chi connectivity index (χ1n) is 8.62. The molecule has 0 saturated carbocycles. The molecule has 138 valence electrons. The number of nitro groups is 1. The lowest BCUT2D eigenvalue weighted by molar-refractivity contribution is -0.384. The molecule has 0 radical (unpaired) electrons. The van der Waals surface area contributed by atoms with Crippen LogP contribution in [-0.2, 0) is 0 Å². The summed E-state index contributed by atoms with van der Waals surface area (Å²) >= 11 is 6.40. The number of aromatic carboxylic acids is 1. The second-order valence-corrected chi connectivity index (χ2v) is 7.37. The molecule has 2 aromatic carbocycles. The zero-order chi connectivity index (χ0) is 19.3. The van der Waals surface area contributed by atoms with E-state index in [-0.39, 0.29) is 29.1 Å². The third kappa shape index (κ3) is 2.77. The predicted molar refractivity (Wildman–Crippen MR) is 103 cm³/mol. The molecule has 27 heavy (non-hydrogen) atoms. The van der Waals surface area contributed by atoms with Gasteiger partial charge in [0.25, 0.3) is 5.69 Å². The summed E-state index contributed by atoms with van der Waals surface area (Å²) < 4.78 is 0. The number of aryl methyl sites for hydroxylation is 1. The quantitative estimate of drug-likeness (QED) is 0.437. The Hall–Kier alpha value is -2.86. The van der Waals surface area contributed by atoms with Crippen molar-refractivity contribution in [3.8, 4) is 0 Å². The SMILES string of the molecule is Cc1ccc(C(=O)O)c2c1N[C@H](c1cc([N+](=O)[O-])ccc1Cl)[C@H]1CC=C[C@H]21. The number of allylic oxidation sites excluding steroid dienone is 2. The molecule has 2 N–H and O–H groups in total. The number of benzene rings is 2. The van der Waals surface area contributed by atoms with Gasteiger partial charge >= 0.3 is 5.97 Å². The van der Waals surface area contributed by atoms with E-state index in [2.05, 4.69) is 5.32 Å². The Kier molecular flexibility index (Phi) is 4.15. The third-order valence-corrected chi connectivity index (χ3v) is 5.83. The number of non-ortho nitro benzene ring substituents is 1. The normalized spacial score (nSPS) is 22.7. The summed E-state index contributed by atoms with van der Waals surface area (Å²) in [6, 6.07) is 7.62. The maximum Gasteiger partial charge on any atom is 0.336 e. The van der Waals surface area contributed by atoms with Crippen molar-refractivity contribution in [2.45, 2.75) is 25.3 Å². The van der Waals surface area contributed by atoms with Crippen LogP contribution in [-0.4, -0.2) is 16.0 Å². The van der Waals surface area contributed by atoms with Gasteiger partial charge in [-0.2, -0.15) is 0 Å². The smallest absolute Gasteiger partial charge is 0.336 e. The summed E-state index contributed by atoms with van der Waals surface area (Å²) in [6.45, 7) is 1.92. The van der Waals surface area contributed by atoms with Crippen LogP contribution in [0.25, 0.3) is 0 Å². The van der Waals surface area contributed by atoms with Crippen molar-refractivity contribution in [3.63, 3.8) is 0 Å². The predicted octanol–water partition coefficient (Wildman–Crippen LogP) is 5.08. The molecule has 2 aliphatic rings. The molecular formula is C20H17ClN2O4. The molecule has 0 amide bonds. The van der Waals surface area contributed by atoms with E-state index in [0.29, 0.717) is 10.6 Å². The summed E-state index contributed by atoms with van der Waals surface area (Å²) in [7, 11) is 0. The van der Waals surface area contributed by atoms with Gasteiger partial charge in [-0.25, -0.2) is 4.79 Å². The maximum atomic E-state index is 11.8. The number of nitro benzene ring substituents is 1. The molecular weight excluding hydrogens is 368 g/mol. The number of nitrogens with zero attached hydrogens (tertiary/aromatic N) is 1. The minimum atomic E-state index is -0.959. The second-order valence-electron chi connectivity index (χ2n) is 6.96. The lowest BCUT2D eigenvalue weighted by atomic mass is 9.74. The summed E-state index contributed by atoms with van der Waals surface area (Å²) in [4.78, 5) is 22.5. The van der Waals surface area contributed by atoms with Gasteiger partial charge < -0.3 is 10.4 Å². The Bertz CT molecular complexity index is 1000. The van der Waals surface area contributed by atoms with Gasteiger partial charge in [0.2, 0.25) is 0 Å². The van der Waals surface area contributed by atoms with E-state index in [9.17, 15) is 20.0 Å². The van der Waals surface area contributed by atoms with E-state index in [0.717, 1.165) is 23.2 Å². The average molecular weight is 385 g/mol. The molecule has 0 fully saturated rings. The van der Waals surface area contributed by atoms with Gasteiger partial charge in [-0.3, -0.25) is 10.1 Å². The molecule has 1 aliphatic heterocycles. The number of anilines is 1.